The second-order valence-electron chi connectivity index (χ2n) is 6.80. The van der Waals surface area contributed by atoms with Gasteiger partial charge in [0.25, 0.3) is 5.91 Å². The Balaban J connectivity index is 1.93. The van der Waals surface area contributed by atoms with Crippen molar-refractivity contribution in [2.45, 2.75) is 19.8 Å². The van der Waals surface area contributed by atoms with Crippen LogP contribution in [0.2, 0.25) is 0 Å². The van der Waals surface area contributed by atoms with E-state index in [1.807, 2.05) is 12.1 Å². The normalized spacial score (nSPS) is 13.2. The SMILES string of the molecule is COc1cc(/C=C/C(=O)N2CCCc3c(C)ccc(OC)c32)cc(OC)c1OC. The first-order valence-corrected chi connectivity index (χ1v) is 9.50. The molecule has 0 atom stereocenters. The van der Waals surface area contributed by atoms with Gasteiger partial charge in [-0.25, -0.2) is 0 Å². The van der Waals surface area contributed by atoms with Crippen molar-refractivity contribution in [1.29, 1.82) is 0 Å². The predicted molar refractivity (Wildman–Crippen MR) is 114 cm³/mol. The molecule has 0 radical (unpaired) electrons. The van der Waals surface area contributed by atoms with Crippen molar-refractivity contribution < 1.29 is 23.7 Å². The lowest BCUT2D eigenvalue weighted by molar-refractivity contribution is -0.114. The average Bonchev–Trinajstić information content (AvgIpc) is 2.76. The molecule has 0 unspecified atom stereocenters. The van der Waals surface area contributed by atoms with Crippen LogP contribution in [0.1, 0.15) is 23.1 Å². The number of anilines is 1. The van der Waals surface area contributed by atoms with E-state index in [1.165, 1.54) is 11.1 Å². The van der Waals surface area contributed by atoms with Crippen molar-refractivity contribution in [2.24, 2.45) is 0 Å². The number of methoxy groups -OCH3 is 4. The maximum Gasteiger partial charge on any atom is 0.251 e. The van der Waals surface area contributed by atoms with Gasteiger partial charge in [-0.2, -0.15) is 0 Å². The maximum atomic E-state index is 13.0. The molecule has 0 saturated heterocycles. The number of benzene rings is 2. The molecule has 2 aromatic carbocycles. The molecular weight excluding hydrogens is 370 g/mol. The van der Waals surface area contributed by atoms with Crippen LogP contribution in [0.5, 0.6) is 23.0 Å². The van der Waals surface area contributed by atoms with Gasteiger partial charge < -0.3 is 23.8 Å². The summed E-state index contributed by atoms with van der Waals surface area (Å²) in [6, 6.07) is 7.57. The monoisotopic (exact) mass is 397 g/mol. The number of carbonyl (C=O) groups excluding carboxylic acids is 1. The Hall–Kier alpha value is -3.15. The summed E-state index contributed by atoms with van der Waals surface area (Å²) < 4.78 is 21.6. The van der Waals surface area contributed by atoms with Crippen molar-refractivity contribution in [2.75, 3.05) is 39.9 Å². The molecule has 6 nitrogen and oxygen atoms in total. The van der Waals surface area contributed by atoms with Gasteiger partial charge in [0.2, 0.25) is 5.75 Å². The van der Waals surface area contributed by atoms with Crippen LogP contribution < -0.4 is 23.8 Å². The fourth-order valence-corrected chi connectivity index (χ4v) is 3.69. The second-order valence-corrected chi connectivity index (χ2v) is 6.80. The summed E-state index contributed by atoms with van der Waals surface area (Å²) in [4.78, 5) is 14.8. The molecule has 154 valence electrons. The van der Waals surface area contributed by atoms with Crippen LogP contribution in [0.15, 0.2) is 30.3 Å². The number of ether oxygens (including phenoxy) is 4. The molecule has 0 aromatic heterocycles. The van der Waals surface area contributed by atoms with Gasteiger partial charge in [-0.05, 0) is 60.7 Å². The van der Waals surface area contributed by atoms with E-state index in [0.717, 1.165) is 29.8 Å². The Kier molecular flexibility index (Phi) is 6.32. The van der Waals surface area contributed by atoms with E-state index in [1.54, 1.807) is 57.6 Å². The third-order valence-electron chi connectivity index (χ3n) is 5.15. The van der Waals surface area contributed by atoms with Gasteiger partial charge in [-0.15, -0.1) is 0 Å². The summed E-state index contributed by atoms with van der Waals surface area (Å²) in [6.07, 6.45) is 5.18. The molecule has 0 fully saturated rings. The van der Waals surface area contributed by atoms with Gasteiger partial charge in [0.15, 0.2) is 11.5 Å². The minimum absolute atomic E-state index is 0.0939. The number of hydrogen-bond acceptors (Lipinski definition) is 5. The lowest BCUT2D eigenvalue weighted by Gasteiger charge is -2.31. The summed E-state index contributed by atoms with van der Waals surface area (Å²) >= 11 is 0. The fourth-order valence-electron chi connectivity index (χ4n) is 3.69. The molecule has 1 aliphatic rings. The molecule has 0 aliphatic carbocycles. The van der Waals surface area contributed by atoms with Gasteiger partial charge in [-0.3, -0.25) is 4.79 Å². The summed E-state index contributed by atoms with van der Waals surface area (Å²) in [5.74, 6) is 2.23. The first kappa shape index (κ1) is 20.6. The van der Waals surface area contributed by atoms with E-state index in [0.29, 0.717) is 23.8 Å². The average molecular weight is 397 g/mol. The highest BCUT2D eigenvalue weighted by molar-refractivity contribution is 6.05. The number of hydrogen-bond donors (Lipinski definition) is 0. The quantitative estimate of drug-likeness (QED) is 0.689. The van der Waals surface area contributed by atoms with E-state index in [2.05, 4.69) is 6.92 Å². The third-order valence-corrected chi connectivity index (χ3v) is 5.15. The zero-order valence-corrected chi connectivity index (χ0v) is 17.6. The smallest absolute Gasteiger partial charge is 0.251 e. The molecule has 0 bridgehead atoms. The van der Waals surface area contributed by atoms with Crippen molar-refractivity contribution in [1.82, 2.24) is 0 Å². The second kappa shape index (κ2) is 8.90. The van der Waals surface area contributed by atoms with E-state index in [4.69, 9.17) is 18.9 Å². The minimum atomic E-state index is -0.0939. The Labute approximate surface area is 171 Å². The summed E-state index contributed by atoms with van der Waals surface area (Å²) in [5, 5.41) is 0. The number of carbonyl (C=O) groups is 1. The lowest BCUT2D eigenvalue weighted by Crippen LogP contribution is -2.34. The third kappa shape index (κ3) is 4.01. The predicted octanol–water partition coefficient (Wildman–Crippen LogP) is 4.02. The standard InChI is InChI=1S/C23H27NO5/c1-15-8-10-18(26-2)22-17(15)7-6-12-24(22)21(25)11-9-16-13-19(27-3)23(29-5)20(14-16)28-4/h8-11,13-14H,6-7,12H2,1-5H3/b11-9+. The molecule has 29 heavy (non-hydrogen) atoms. The molecule has 6 heteroatoms. The number of amides is 1. The summed E-state index contributed by atoms with van der Waals surface area (Å²) in [7, 11) is 6.32. The minimum Gasteiger partial charge on any atom is -0.495 e. The van der Waals surface area contributed by atoms with Crippen LogP contribution >= 0.6 is 0 Å². The Morgan fingerprint density at radius 3 is 2.21 bits per heavy atom. The van der Waals surface area contributed by atoms with Crippen LogP contribution in [0, 0.1) is 6.92 Å². The van der Waals surface area contributed by atoms with Gasteiger partial charge in [0, 0.05) is 12.6 Å². The largest absolute Gasteiger partial charge is 0.495 e. The fraction of sp³-hybridized carbons (Fsp3) is 0.348. The molecule has 1 amide bonds. The topological polar surface area (TPSA) is 57.2 Å². The molecule has 0 saturated carbocycles. The number of fused-ring (bicyclic) bond motifs is 1. The number of rotatable bonds is 6. The highest BCUT2D eigenvalue weighted by Crippen LogP contribution is 2.40. The van der Waals surface area contributed by atoms with Crippen molar-refractivity contribution >= 4 is 17.7 Å². The van der Waals surface area contributed by atoms with Gasteiger partial charge in [0.05, 0.1) is 34.1 Å². The van der Waals surface area contributed by atoms with Gasteiger partial charge >= 0.3 is 0 Å². The van der Waals surface area contributed by atoms with Crippen LogP contribution in [-0.2, 0) is 11.2 Å². The Morgan fingerprint density at radius 1 is 0.966 bits per heavy atom. The summed E-state index contributed by atoms with van der Waals surface area (Å²) in [6.45, 7) is 2.73. The highest BCUT2D eigenvalue weighted by Gasteiger charge is 2.26. The Bertz CT molecular complexity index is 910. The molecule has 3 rings (SSSR count). The number of nitrogens with zero attached hydrogens (tertiary/aromatic N) is 1. The Morgan fingerprint density at radius 2 is 1.62 bits per heavy atom. The molecule has 0 spiro atoms. The zero-order chi connectivity index (χ0) is 21.0. The molecule has 1 aliphatic heterocycles. The number of aryl methyl sites for hydroxylation is 1. The molecular formula is C23H27NO5. The van der Waals surface area contributed by atoms with Gasteiger partial charge in [-0.1, -0.05) is 6.07 Å². The van der Waals surface area contributed by atoms with Crippen molar-refractivity contribution in [3.05, 3.63) is 47.0 Å². The van der Waals surface area contributed by atoms with Crippen molar-refractivity contribution in [3.8, 4) is 23.0 Å². The van der Waals surface area contributed by atoms with Crippen LogP contribution in [-0.4, -0.2) is 40.9 Å². The van der Waals surface area contributed by atoms with E-state index in [-0.39, 0.29) is 5.91 Å². The first-order valence-electron chi connectivity index (χ1n) is 9.50. The maximum absolute atomic E-state index is 13.0. The molecule has 2 aromatic rings. The molecule has 1 heterocycles. The summed E-state index contributed by atoms with van der Waals surface area (Å²) in [5.41, 5.74) is 4.00. The van der Waals surface area contributed by atoms with E-state index in [9.17, 15) is 4.79 Å². The van der Waals surface area contributed by atoms with Crippen LogP contribution in [0.3, 0.4) is 0 Å². The first-order chi connectivity index (χ1) is 14.0. The van der Waals surface area contributed by atoms with Crippen molar-refractivity contribution in [3.63, 3.8) is 0 Å². The van der Waals surface area contributed by atoms with Gasteiger partial charge in [0.1, 0.15) is 5.75 Å². The van der Waals surface area contributed by atoms with E-state index < -0.39 is 0 Å². The highest BCUT2D eigenvalue weighted by atomic mass is 16.5. The van der Waals surface area contributed by atoms with Crippen LogP contribution in [0.25, 0.3) is 6.08 Å². The molecule has 0 N–H and O–H groups in total. The lowest BCUT2D eigenvalue weighted by atomic mass is 9.96. The zero-order valence-electron chi connectivity index (χ0n) is 17.6. The van der Waals surface area contributed by atoms with E-state index >= 15 is 0 Å². The van der Waals surface area contributed by atoms with Crippen LogP contribution in [0.4, 0.5) is 5.69 Å².